The van der Waals surface area contributed by atoms with Gasteiger partial charge in [0, 0.05) is 32.8 Å². The van der Waals surface area contributed by atoms with Gasteiger partial charge < -0.3 is 10.3 Å². The summed E-state index contributed by atoms with van der Waals surface area (Å²) in [6.07, 6.45) is 0. The van der Waals surface area contributed by atoms with Crippen LogP contribution in [-0.2, 0) is 6.54 Å². The van der Waals surface area contributed by atoms with Gasteiger partial charge in [0.05, 0.1) is 11.0 Å². The molecule has 2 aromatic heterocycles. The molecule has 0 aliphatic rings. The van der Waals surface area contributed by atoms with E-state index in [0.29, 0.717) is 17.1 Å². The maximum Gasteiger partial charge on any atom is 0.249 e. The molecule has 0 aliphatic carbocycles. The smallest absolute Gasteiger partial charge is 0.249 e. The van der Waals surface area contributed by atoms with Gasteiger partial charge in [0.2, 0.25) is 5.91 Å². The molecular weight excluding hydrogens is 400 g/mol. The molecule has 5 aromatic rings. The summed E-state index contributed by atoms with van der Waals surface area (Å²) in [6, 6.07) is 25.2. The summed E-state index contributed by atoms with van der Waals surface area (Å²) < 4.78 is 2.20. The quantitative estimate of drug-likeness (QED) is 0.377. The second-order valence-corrected chi connectivity index (χ2v) is 8.29. The van der Waals surface area contributed by atoms with Gasteiger partial charge in [0.15, 0.2) is 0 Å². The highest BCUT2D eigenvalue weighted by molar-refractivity contribution is 7.13. The fourth-order valence-electron chi connectivity index (χ4n) is 3.83. The molecule has 0 saturated heterocycles. The summed E-state index contributed by atoms with van der Waals surface area (Å²) in [5, 5.41) is 4.50. The Kier molecular flexibility index (Phi) is 4.38. The third-order valence-electron chi connectivity index (χ3n) is 5.10. The lowest BCUT2D eigenvalue weighted by molar-refractivity contribution is 0.100. The van der Waals surface area contributed by atoms with Crippen molar-refractivity contribution in [3.8, 4) is 10.4 Å². The van der Waals surface area contributed by atoms with E-state index in [-0.39, 0.29) is 0 Å². The van der Waals surface area contributed by atoms with Crippen molar-refractivity contribution < 1.29 is 4.79 Å². The van der Waals surface area contributed by atoms with Crippen LogP contribution in [0.3, 0.4) is 0 Å². The van der Waals surface area contributed by atoms with Crippen molar-refractivity contribution in [2.24, 2.45) is 5.73 Å². The SMILES string of the molecule is NC(=O)c1cccc2c1c1[c]cc(-c3cccs3)cc1n2Cc1cccc(Cl)c1. The lowest BCUT2D eigenvalue weighted by Crippen LogP contribution is -2.11. The summed E-state index contributed by atoms with van der Waals surface area (Å²) in [5.74, 6) is -0.437. The standard InChI is InChI=1S/C24H16ClN2OS/c25-17-5-1-4-15(12-17)14-27-20-7-2-6-19(24(26)28)23(20)18-10-9-16(13-21(18)27)22-8-3-11-29-22/h1-9,11-13H,14H2,(H2,26,28). The van der Waals surface area contributed by atoms with Gasteiger partial charge in [0.1, 0.15) is 0 Å². The Morgan fingerprint density at radius 3 is 2.69 bits per heavy atom. The minimum atomic E-state index is -0.437. The molecule has 0 aliphatic heterocycles. The Morgan fingerprint density at radius 1 is 1.07 bits per heavy atom. The van der Waals surface area contributed by atoms with Crippen molar-refractivity contribution in [1.29, 1.82) is 0 Å². The number of hydrogen-bond donors (Lipinski definition) is 1. The van der Waals surface area contributed by atoms with Crippen LogP contribution in [0.25, 0.3) is 32.2 Å². The first-order valence-corrected chi connectivity index (χ1v) is 10.4. The van der Waals surface area contributed by atoms with E-state index < -0.39 is 5.91 Å². The molecule has 141 valence electrons. The average Bonchev–Trinajstić information content (AvgIpc) is 3.35. The van der Waals surface area contributed by atoms with Crippen molar-refractivity contribution >= 4 is 50.7 Å². The number of nitrogens with zero attached hydrogens (tertiary/aromatic N) is 1. The number of halogens is 1. The van der Waals surface area contributed by atoms with Gasteiger partial charge >= 0.3 is 0 Å². The molecule has 5 rings (SSSR count). The van der Waals surface area contributed by atoms with E-state index in [1.165, 1.54) is 4.88 Å². The van der Waals surface area contributed by atoms with E-state index in [9.17, 15) is 4.79 Å². The van der Waals surface area contributed by atoms with Crippen LogP contribution in [0, 0.1) is 6.07 Å². The third-order valence-corrected chi connectivity index (χ3v) is 6.25. The Hall–Kier alpha value is -3.08. The van der Waals surface area contributed by atoms with Crippen LogP contribution in [0.1, 0.15) is 15.9 Å². The van der Waals surface area contributed by atoms with E-state index in [1.807, 2.05) is 48.5 Å². The second kappa shape index (κ2) is 7.07. The van der Waals surface area contributed by atoms with Crippen LogP contribution in [0.2, 0.25) is 5.02 Å². The minimum absolute atomic E-state index is 0.437. The van der Waals surface area contributed by atoms with Crippen molar-refractivity contribution in [2.45, 2.75) is 6.54 Å². The van der Waals surface area contributed by atoms with Gasteiger partial charge in [-0.2, -0.15) is 0 Å². The fourth-order valence-corrected chi connectivity index (χ4v) is 4.76. The number of rotatable bonds is 4. The zero-order chi connectivity index (χ0) is 20.0. The first-order valence-electron chi connectivity index (χ1n) is 9.16. The molecule has 3 aromatic carbocycles. The first-order chi connectivity index (χ1) is 14.1. The molecule has 29 heavy (non-hydrogen) atoms. The van der Waals surface area contributed by atoms with Crippen molar-refractivity contribution in [1.82, 2.24) is 4.57 Å². The van der Waals surface area contributed by atoms with E-state index in [4.69, 9.17) is 17.3 Å². The summed E-state index contributed by atoms with van der Waals surface area (Å²) in [6.45, 7) is 0.629. The number of hydrogen-bond acceptors (Lipinski definition) is 2. The normalized spacial score (nSPS) is 11.3. The van der Waals surface area contributed by atoms with Crippen LogP contribution in [0.5, 0.6) is 0 Å². The summed E-state index contributed by atoms with van der Waals surface area (Å²) in [5.41, 5.74) is 10.3. The van der Waals surface area contributed by atoms with Crippen LogP contribution < -0.4 is 5.73 Å². The molecule has 3 nitrogen and oxygen atoms in total. The molecular formula is C24H16ClN2OS. The average molecular weight is 416 g/mol. The number of carbonyl (C=O) groups is 1. The predicted octanol–water partition coefficient (Wildman–Crippen LogP) is 6.12. The topological polar surface area (TPSA) is 48.0 Å². The molecule has 0 spiro atoms. The Bertz CT molecular complexity index is 1370. The van der Waals surface area contributed by atoms with Gasteiger partial charge in [-0.25, -0.2) is 0 Å². The van der Waals surface area contributed by atoms with Crippen molar-refractivity contribution in [3.63, 3.8) is 0 Å². The Morgan fingerprint density at radius 2 is 1.93 bits per heavy atom. The third kappa shape index (κ3) is 3.11. The molecule has 0 fully saturated rings. The van der Waals surface area contributed by atoms with Crippen molar-refractivity contribution in [3.05, 3.63) is 94.3 Å². The molecule has 5 heteroatoms. The van der Waals surface area contributed by atoms with E-state index in [2.05, 4.69) is 28.1 Å². The highest BCUT2D eigenvalue weighted by atomic mass is 35.5. The Labute approximate surface area is 177 Å². The van der Waals surface area contributed by atoms with Gasteiger partial charge in [0.25, 0.3) is 0 Å². The predicted molar refractivity (Wildman–Crippen MR) is 121 cm³/mol. The van der Waals surface area contributed by atoms with E-state index in [1.54, 1.807) is 17.4 Å². The fraction of sp³-hybridized carbons (Fsp3) is 0.0417. The number of amides is 1. The number of fused-ring (bicyclic) bond motifs is 3. The summed E-state index contributed by atoms with van der Waals surface area (Å²) >= 11 is 7.90. The number of benzene rings is 3. The highest BCUT2D eigenvalue weighted by Crippen LogP contribution is 2.35. The van der Waals surface area contributed by atoms with E-state index >= 15 is 0 Å². The molecule has 0 saturated carbocycles. The lowest BCUT2D eigenvalue weighted by atomic mass is 10.0. The molecule has 0 atom stereocenters. The maximum absolute atomic E-state index is 12.1. The molecule has 0 unspecified atom stereocenters. The Balaban J connectivity index is 1.82. The second-order valence-electron chi connectivity index (χ2n) is 6.91. The molecule has 2 N–H and O–H groups in total. The van der Waals surface area contributed by atoms with Crippen LogP contribution in [0.15, 0.2) is 72.1 Å². The van der Waals surface area contributed by atoms with Crippen LogP contribution >= 0.6 is 22.9 Å². The number of thiophene rings is 1. The maximum atomic E-state index is 12.1. The molecule has 2 heterocycles. The van der Waals surface area contributed by atoms with Gasteiger partial charge in [-0.05, 0) is 65.0 Å². The monoisotopic (exact) mass is 415 g/mol. The summed E-state index contributed by atoms with van der Waals surface area (Å²) in [7, 11) is 0. The molecule has 1 amide bonds. The molecule has 0 bridgehead atoms. The number of nitrogens with two attached hydrogens (primary N) is 1. The van der Waals surface area contributed by atoms with Crippen LogP contribution in [0.4, 0.5) is 0 Å². The number of aromatic nitrogens is 1. The van der Waals surface area contributed by atoms with Crippen molar-refractivity contribution in [2.75, 3.05) is 0 Å². The zero-order valence-corrected chi connectivity index (χ0v) is 16.9. The minimum Gasteiger partial charge on any atom is -0.366 e. The van der Waals surface area contributed by atoms with Gasteiger partial charge in [-0.1, -0.05) is 35.9 Å². The van der Waals surface area contributed by atoms with E-state index in [0.717, 1.165) is 32.9 Å². The highest BCUT2D eigenvalue weighted by Gasteiger charge is 2.17. The zero-order valence-electron chi connectivity index (χ0n) is 15.4. The number of carbonyl (C=O) groups excluding carboxylic acids is 1. The van der Waals surface area contributed by atoms with Crippen LogP contribution in [-0.4, -0.2) is 10.5 Å². The largest absolute Gasteiger partial charge is 0.366 e. The first kappa shape index (κ1) is 18.0. The lowest BCUT2D eigenvalue weighted by Gasteiger charge is -2.09. The molecule has 1 radical (unpaired) electrons. The number of primary amides is 1. The van der Waals surface area contributed by atoms with Gasteiger partial charge in [-0.15, -0.1) is 11.3 Å². The summed E-state index contributed by atoms with van der Waals surface area (Å²) in [4.78, 5) is 13.3. The van der Waals surface area contributed by atoms with Gasteiger partial charge in [-0.3, -0.25) is 4.79 Å².